The van der Waals surface area contributed by atoms with E-state index in [1.807, 2.05) is 61.4 Å². The molecule has 0 unspecified atom stereocenters. The molecule has 156 valence electrons. The Morgan fingerprint density at radius 2 is 1.79 bits per heavy atom. The van der Waals surface area contributed by atoms with Gasteiger partial charge in [0.05, 0.1) is 13.1 Å². The number of nitrogens with zero attached hydrogens (tertiary/aromatic N) is 2. The Hall–Kier alpha value is -2.80. The number of Topliss-reactive ketones (excluding diaryl/α,β-unsaturated/α-hetero) is 1. The van der Waals surface area contributed by atoms with Gasteiger partial charge in [-0.2, -0.15) is 0 Å². The number of hydrogen-bond donors (Lipinski definition) is 1. The van der Waals surface area contributed by atoms with Crippen LogP contribution in [0.2, 0.25) is 0 Å². The molecule has 1 aliphatic heterocycles. The number of ketones is 1. The fraction of sp³-hybridized carbons (Fsp3) is 0.455. The van der Waals surface area contributed by atoms with Crippen LogP contribution in [-0.2, 0) is 4.79 Å². The number of benzene rings is 1. The van der Waals surface area contributed by atoms with Crippen LogP contribution in [0.15, 0.2) is 24.3 Å². The monoisotopic (exact) mass is 399 g/mol. The molecule has 1 amide bonds. The lowest BCUT2D eigenvalue weighted by atomic mass is 10.1. The number of rotatable bonds is 8. The number of amides is 1. The summed E-state index contributed by atoms with van der Waals surface area (Å²) in [6.45, 7) is 10.5. The van der Waals surface area contributed by atoms with Gasteiger partial charge in [-0.15, -0.1) is 0 Å². The van der Waals surface area contributed by atoms with E-state index in [2.05, 4.69) is 5.32 Å². The van der Waals surface area contributed by atoms with E-state index in [9.17, 15) is 9.59 Å². The topological polar surface area (TPSA) is 72.8 Å². The Bertz CT molecular complexity index is 904. The maximum atomic E-state index is 13.0. The maximum absolute atomic E-state index is 13.0. The zero-order chi connectivity index (χ0) is 21.0. The fourth-order valence-corrected chi connectivity index (χ4v) is 3.64. The minimum absolute atomic E-state index is 0.00745. The lowest BCUT2D eigenvalue weighted by Gasteiger charge is -2.20. The van der Waals surface area contributed by atoms with Crippen LogP contribution in [0.1, 0.15) is 35.6 Å². The summed E-state index contributed by atoms with van der Waals surface area (Å²) in [6.07, 6.45) is 0. The van der Waals surface area contributed by atoms with E-state index in [4.69, 9.17) is 9.47 Å². The fourth-order valence-electron chi connectivity index (χ4n) is 3.64. The Morgan fingerprint density at radius 3 is 2.48 bits per heavy atom. The molecule has 7 nitrogen and oxygen atoms in total. The third kappa shape index (κ3) is 4.62. The number of nitrogens with one attached hydrogen (secondary N) is 1. The van der Waals surface area contributed by atoms with Crippen LogP contribution >= 0.6 is 0 Å². The number of fused-ring (bicyclic) bond motifs is 1. The maximum Gasteiger partial charge on any atom is 0.234 e. The van der Waals surface area contributed by atoms with Crippen molar-refractivity contribution in [1.82, 2.24) is 14.8 Å². The number of ether oxygens (including phenoxy) is 2. The van der Waals surface area contributed by atoms with Crippen molar-refractivity contribution in [3.05, 3.63) is 41.2 Å². The van der Waals surface area contributed by atoms with Crippen LogP contribution in [0.25, 0.3) is 5.69 Å². The molecule has 1 aromatic carbocycles. The predicted molar refractivity (Wildman–Crippen MR) is 111 cm³/mol. The van der Waals surface area contributed by atoms with Crippen LogP contribution in [0.4, 0.5) is 0 Å². The van der Waals surface area contributed by atoms with E-state index < -0.39 is 0 Å². The second kappa shape index (κ2) is 9.13. The first kappa shape index (κ1) is 20.9. The molecule has 0 aliphatic carbocycles. The normalized spacial score (nSPS) is 12.9. The summed E-state index contributed by atoms with van der Waals surface area (Å²) in [5.41, 5.74) is 3.44. The first-order valence-electron chi connectivity index (χ1n) is 10.1. The molecule has 2 aromatic rings. The smallest absolute Gasteiger partial charge is 0.234 e. The second-order valence-corrected chi connectivity index (χ2v) is 7.13. The van der Waals surface area contributed by atoms with E-state index in [-0.39, 0.29) is 24.8 Å². The molecular formula is C22H29N3O4. The first-order valence-corrected chi connectivity index (χ1v) is 10.1. The lowest BCUT2D eigenvalue weighted by Crippen LogP contribution is -2.39. The number of carbonyl (C=O) groups is 2. The van der Waals surface area contributed by atoms with Gasteiger partial charge in [-0.3, -0.25) is 14.5 Å². The summed E-state index contributed by atoms with van der Waals surface area (Å²) >= 11 is 0. The summed E-state index contributed by atoms with van der Waals surface area (Å²) in [5, 5.41) is 2.78. The Kier molecular flexibility index (Phi) is 6.59. The van der Waals surface area contributed by atoms with Crippen molar-refractivity contribution in [3.63, 3.8) is 0 Å². The zero-order valence-electron chi connectivity index (χ0n) is 17.6. The number of hydrogen-bond acceptors (Lipinski definition) is 5. The number of aromatic nitrogens is 1. The van der Waals surface area contributed by atoms with Crippen molar-refractivity contribution in [2.45, 2.75) is 27.7 Å². The molecule has 3 rings (SSSR count). The van der Waals surface area contributed by atoms with Crippen LogP contribution < -0.4 is 14.8 Å². The van der Waals surface area contributed by atoms with Gasteiger partial charge in [-0.05, 0) is 45.5 Å². The molecule has 0 atom stereocenters. The average Bonchev–Trinajstić information content (AvgIpc) is 3.01. The molecule has 7 heteroatoms. The molecular weight excluding hydrogens is 370 g/mol. The van der Waals surface area contributed by atoms with Crippen molar-refractivity contribution in [3.8, 4) is 17.2 Å². The van der Waals surface area contributed by atoms with Crippen molar-refractivity contribution in [1.29, 1.82) is 0 Å². The van der Waals surface area contributed by atoms with Crippen molar-refractivity contribution in [2.24, 2.45) is 0 Å². The minimum atomic E-state index is -0.0658. The second-order valence-electron chi connectivity index (χ2n) is 7.13. The molecule has 0 spiro atoms. The highest BCUT2D eigenvalue weighted by molar-refractivity contribution is 5.99. The van der Waals surface area contributed by atoms with Gasteiger partial charge in [0.25, 0.3) is 0 Å². The van der Waals surface area contributed by atoms with Crippen molar-refractivity contribution < 1.29 is 19.1 Å². The number of carbonyl (C=O) groups excluding carboxylic acids is 2. The largest absolute Gasteiger partial charge is 0.486 e. The third-order valence-corrected chi connectivity index (χ3v) is 5.07. The molecule has 1 N–H and O–H groups in total. The van der Waals surface area contributed by atoms with Crippen molar-refractivity contribution in [2.75, 3.05) is 39.4 Å². The third-order valence-electron chi connectivity index (χ3n) is 5.07. The number of aryl methyl sites for hydroxylation is 1. The van der Waals surface area contributed by atoms with E-state index >= 15 is 0 Å². The summed E-state index contributed by atoms with van der Waals surface area (Å²) in [4.78, 5) is 26.7. The summed E-state index contributed by atoms with van der Waals surface area (Å²) in [5.74, 6) is 1.40. The molecule has 0 bridgehead atoms. The van der Waals surface area contributed by atoms with E-state index in [0.717, 1.165) is 22.8 Å². The molecule has 0 saturated carbocycles. The number of likely N-dealkylation sites (N-methyl/N-ethyl adjacent to an activating group) is 2. The first-order chi connectivity index (χ1) is 13.9. The summed E-state index contributed by atoms with van der Waals surface area (Å²) < 4.78 is 13.3. The van der Waals surface area contributed by atoms with Crippen LogP contribution in [-0.4, -0.2) is 60.6 Å². The Balaban J connectivity index is 1.81. The van der Waals surface area contributed by atoms with E-state index in [1.165, 1.54) is 0 Å². The van der Waals surface area contributed by atoms with Gasteiger partial charge in [0, 0.05) is 35.2 Å². The van der Waals surface area contributed by atoms with Crippen LogP contribution in [0.5, 0.6) is 11.5 Å². The van der Waals surface area contributed by atoms with E-state index in [1.54, 1.807) is 0 Å². The molecule has 0 radical (unpaired) electrons. The van der Waals surface area contributed by atoms with Gasteiger partial charge in [0.1, 0.15) is 13.2 Å². The average molecular weight is 399 g/mol. The molecule has 1 aromatic heterocycles. The Labute approximate surface area is 171 Å². The highest BCUT2D eigenvalue weighted by Gasteiger charge is 2.21. The minimum Gasteiger partial charge on any atom is -0.486 e. The molecule has 0 saturated heterocycles. The predicted octanol–water partition coefficient (Wildman–Crippen LogP) is 2.51. The molecule has 1 aliphatic rings. The van der Waals surface area contributed by atoms with Crippen molar-refractivity contribution >= 4 is 11.7 Å². The quantitative estimate of drug-likeness (QED) is 0.691. The van der Waals surface area contributed by atoms with Gasteiger partial charge < -0.3 is 19.4 Å². The van der Waals surface area contributed by atoms with Gasteiger partial charge in [0.2, 0.25) is 5.91 Å². The van der Waals surface area contributed by atoms with Gasteiger partial charge >= 0.3 is 0 Å². The SMILES string of the molecule is CCNC(=O)CN(CC)CC(=O)c1cc(C)n(-c2ccc3c(c2)OCCO3)c1C. The van der Waals surface area contributed by atoms with Gasteiger partial charge in [0.15, 0.2) is 17.3 Å². The van der Waals surface area contributed by atoms with E-state index in [0.29, 0.717) is 37.6 Å². The molecule has 29 heavy (non-hydrogen) atoms. The van der Waals surface area contributed by atoms with Crippen LogP contribution in [0.3, 0.4) is 0 Å². The Morgan fingerprint density at radius 1 is 1.07 bits per heavy atom. The standard InChI is InChI=1S/C22H29N3O4/c1-5-23-22(27)14-24(6-2)13-19(26)18-11-15(3)25(16(18)4)17-7-8-20-21(12-17)29-10-9-28-20/h7-8,11-12H,5-6,9-10,13-14H2,1-4H3,(H,23,27). The highest BCUT2D eigenvalue weighted by atomic mass is 16.6. The highest BCUT2D eigenvalue weighted by Crippen LogP contribution is 2.33. The van der Waals surface area contributed by atoms with Gasteiger partial charge in [-0.25, -0.2) is 0 Å². The molecule has 2 heterocycles. The molecule has 0 fully saturated rings. The zero-order valence-corrected chi connectivity index (χ0v) is 17.6. The summed E-state index contributed by atoms with van der Waals surface area (Å²) in [6, 6.07) is 7.72. The summed E-state index contributed by atoms with van der Waals surface area (Å²) in [7, 11) is 0. The lowest BCUT2D eigenvalue weighted by molar-refractivity contribution is -0.121. The van der Waals surface area contributed by atoms with Gasteiger partial charge in [-0.1, -0.05) is 6.92 Å². The van der Waals surface area contributed by atoms with Crippen LogP contribution in [0, 0.1) is 13.8 Å².